The van der Waals surface area contributed by atoms with Gasteiger partial charge in [-0.15, -0.1) is 11.3 Å². The third-order valence-electron chi connectivity index (χ3n) is 5.78. The molecule has 0 unspecified atom stereocenters. The van der Waals surface area contributed by atoms with Crippen LogP contribution in [0.4, 0.5) is 15.2 Å². The molecule has 1 amide bonds. The molecule has 0 N–H and O–H groups in total. The van der Waals surface area contributed by atoms with E-state index in [1.165, 1.54) is 34.0 Å². The van der Waals surface area contributed by atoms with Crippen molar-refractivity contribution in [1.82, 2.24) is 9.29 Å². The summed E-state index contributed by atoms with van der Waals surface area (Å²) in [6, 6.07) is 12.1. The molecule has 33 heavy (non-hydrogen) atoms. The molecule has 4 rings (SSSR count). The molecule has 9 heteroatoms. The zero-order chi connectivity index (χ0) is 23.8. The molecule has 0 atom stereocenters. The molecule has 1 fully saturated rings. The van der Waals surface area contributed by atoms with Crippen LogP contribution in [0, 0.1) is 25.6 Å². The lowest BCUT2D eigenvalue weighted by Crippen LogP contribution is -2.43. The zero-order valence-corrected chi connectivity index (χ0v) is 20.4. The average molecular weight is 488 g/mol. The predicted octanol–water partition coefficient (Wildman–Crippen LogP) is 4.90. The van der Waals surface area contributed by atoms with Crippen molar-refractivity contribution in [2.24, 2.45) is 5.92 Å². The van der Waals surface area contributed by atoms with E-state index in [1.807, 2.05) is 37.4 Å². The largest absolute Gasteiger partial charge is 0.274 e. The predicted molar refractivity (Wildman–Crippen MR) is 130 cm³/mol. The molecule has 3 aromatic rings. The van der Waals surface area contributed by atoms with Crippen molar-refractivity contribution >= 4 is 38.1 Å². The molecule has 1 saturated heterocycles. The number of anilines is 2. The molecule has 0 radical (unpaired) electrons. The molecular formula is C24H26FN3O3S2. The van der Waals surface area contributed by atoms with E-state index in [0.717, 1.165) is 22.4 Å². The number of amides is 1. The van der Waals surface area contributed by atoms with Crippen molar-refractivity contribution in [3.8, 4) is 11.3 Å². The lowest BCUT2D eigenvalue weighted by molar-refractivity contribution is -0.122. The maximum atomic E-state index is 13.7. The highest BCUT2D eigenvalue weighted by atomic mass is 32.2. The monoisotopic (exact) mass is 487 g/mol. The molecule has 1 aliphatic rings. The van der Waals surface area contributed by atoms with Crippen molar-refractivity contribution < 1.29 is 17.6 Å². The highest BCUT2D eigenvalue weighted by Gasteiger charge is 2.34. The van der Waals surface area contributed by atoms with Crippen molar-refractivity contribution in [3.63, 3.8) is 0 Å². The Morgan fingerprint density at radius 1 is 1.09 bits per heavy atom. The fraction of sp³-hybridized carbons (Fsp3) is 0.333. The molecule has 0 aliphatic carbocycles. The molecule has 2 heterocycles. The van der Waals surface area contributed by atoms with Crippen LogP contribution in [0.25, 0.3) is 11.3 Å². The first-order valence-electron chi connectivity index (χ1n) is 10.7. The van der Waals surface area contributed by atoms with Gasteiger partial charge in [0.2, 0.25) is 15.9 Å². The van der Waals surface area contributed by atoms with Gasteiger partial charge in [-0.1, -0.05) is 6.07 Å². The van der Waals surface area contributed by atoms with Crippen molar-refractivity contribution in [1.29, 1.82) is 0 Å². The Kier molecular flexibility index (Phi) is 6.65. The number of nitrogens with zero attached hydrogens (tertiary/aromatic N) is 3. The first-order valence-corrected chi connectivity index (χ1v) is 13.4. The van der Waals surface area contributed by atoms with Gasteiger partial charge in [0.15, 0.2) is 5.13 Å². The standard InChI is InChI=1S/C24H26FN3O3S2/c1-16-12-17(2)14-21(13-16)28(23(29)19-8-10-27(11-9-19)33(3,30)31)24-26-22(15-32-24)18-4-6-20(25)7-5-18/h4-7,12-15,19H,8-11H2,1-3H3. The Bertz CT molecular complexity index is 1240. The summed E-state index contributed by atoms with van der Waals surface area (Å²) in [6.07, 6.45) is 2.12. The Morgan fingerprint density at radius 2 is 1.70 bits per heavy atom. The molecule has 0 bridgehead atoms. The summed E-state index contributed by atoms with van der Waals surface area (Å²) in [5.74, 6) is -0.711. The smallest absolute Gasteiger partial charge is 0.236 e. The summed E-state index contributed by atoms with van der Waals surface area (Å²) in [7, 11) is -3.27. The van der Waals surface area contributed by atoms with Crippen LogP contribution in [-0.4, -0.2) is 43.0 Å². The number of aromatic nitrogens is 1. The summed E-state index contributed by atoms with van der Waals surface area (Å²) >= 11 is 1.35. The minimum absolute atomic E-state index is 0.0897. The fourth-order valence-corrected chi connectivity index (χ4v) is 5.88. The summed E-state index contributed by atoms with van der Waals surface area (Å²) in [5.41, 5.74) is 4.25. The topological polar surface area (TPSA) is 70.6 Å². The van der Waals surface area contributed by atoms with Crippen molar-refractivity contribution in [2.45, 2.75) is 26.7 Å². The van der Waals surface area contributed by atoms with E-state index in [9.17, 15) is 17.6 Å². The van der Waals surface area contributed by atoms with Crippen molar-refractivity contribution in [2.75, 3.05) is 24.2 Å². The van der Waals surface area contributed by atoms with Gasteiger partial charge in [0, 0.05) is 30.0 Å². The van der Waals surface area contributed by atoms with Gasteiger partial charge in [0.05, 0.1) is 17.6 Å². The molecule has 1 aromatic heterocycles. The zero-order valence-electron chi connectivity index (χ0n) is 18.8. The number of thiazole rings is 1. The van der Waals surface area contributed by atoms with Gasteiger partial charge >= 0.3 is 0 Å². The van der Waals surface area contributed by atoms with Gasteiger partial charge in [0.25, 0.3) is 0 Å². The van der Waals surface area contributed by atoms with E-state index in [0.29, 0.717) is 36.8 Å². The van der Waals surface area contributed by atoms with Gasteiger partial charge in [0.1, 0.15) is 5.82 Å². The second-order valence-electron chi connectivity index (χ2n) is 8.48. The Balaban J connectivity index is 1.68. The average Bonchev–Trinajstić information content (AvgIpc) is 3.23. The number of hydrogen-bond donors (Lipinski definition) is 0. The highest BCUT2D eigenvalue weighted by molar-refractivity contribution is 7.88. The third kappa shape index (κ3) is 5.31. The first kappa shape index (κ1) is 23.5. The van der Waals surface area contributed by atoms with Gasteiger partial charge in [-0.2, -0.15) is 0 Å². The number of halogens is 1. The maximum Gasteiger partial charge on any atom is 0.236 e. The summed E-state index contributed by atoms with van der Waals surface area (Å²) in [5, 5.41) is 2.40. The van der Waals surface area contributed by atoms with Gasteiger partial charge < -0.3 is 0 Å². The van der Waals surface area contributed by atoms with Crippen LogP contribution in [0.5, 0.6) is 0 Å². The molecule has 1 aliphatic heterocycles. The Hall–Kier alpha value is -2.62. The number of aryl methyl sites for hydroxylation is 2. The van der Waals surface area contributed by atoms with E-state index in [1.54, 1.807) is 17.0 Å². The molecule has 0 spiro atoms. The van der Waals surface area contributed by atoms with E-state index >= 15 is 0 Å². The number of carbonyl (C=O) groups excluding carboxylic acids is 1. The van der Waals surface area contributed by atoms with Gasteiger partial charge in [-0.05, 0) is 74.2 Å². The second-order valence-corrected chi connectivity index (χ2v) is 11.3. The quantitative estimate of drug-likeness (QED) is 0.513. The van der Waals surface area contributed by atoms with E-state index in [4.69, 9.17) is 4.98 Å². The number of piperidine rings is 1. The van der Waals surface area contributed by atoms with Crippen molar-refractivity contribution in [3.05, 3.63) is 64.8 Å². The lowest BCUT2D eigenvalue weighted by Gasteiger charge is -2.32. The van der Waals surface area contributed by atoms with Crippen LogP contribution >= 0.6 is 11.3 Å². The molecule has 174 valence electrons. The van der Waals surface area contributed by atoms with E-state index < -0.39 is 10.0 Å². The number of hydrogen-bond acceptors (Lipinski definition) is 5. The second kappa shape index (κ2) is 9.32. The molecule has 2 aromatic carbocycles. The third-order valence-corrected chi connectivity index (χ3v) is 7.91. The molecular weight excluding hydrogens is 461 g/mol. The minimum atomic E-state index is -3.27. The SMILES string of the molecule is Cc1cc(C)cc(N(C(=O)C2CCN(S(C)(=O)=O)CC2)c2nc(-c3ccc(F)cc3)cs2)c1. The minimum Gasteiger partial charge on any atom is -0.274 e. The van der Waals surface area contributed by atoms with Crippen LogP contribution in [0.2, 0.25) is 0 Å². The Morgan fingerprint density at radius 3 is 2.27 bits per heavy atom. The summed E-state index contributed by atoms with van der Waals surface area (Å²) in [6.45, 7) is 4.62. The fourth-order valence-electron chi connectivity index (χ4n) is 4.15. The molecule has 6 nitrogen and oxygen atoms in total. The van der Waals surface area contributed by atoms with Gasteiger partial charge in [-0.25, -0.2) is 22.1 Å². The number of carbonyl (C=O) groups is 1. The highest BCUT2D eigenvalue weighted by Crippen LogP contribution is 2.36. The van der Waals surface area contributed by atoms with Crippen LogP contribution in [0.3, 0.4) is 0 Å². The summed E-state index contributed by atoms with van der Waals surface area (Å²) in [4.78, 5) is 20.1. The molecule has 0 saturated carbocycles. The number of benzene rings is 2. The lowest BCUT2D eigenvalue weighted by atomic mass is 9.96. The first-order chi connectivity index (χ1) is 15.6. The van der Waals surface area contributed by atoms with Crippen LogP contribution in [0.15, 0.2) is 47.8 Å². The van der Waals surface area contributed by atoms with Crippen LogP contribution in [-0.2, 0) is 14.8 Å². The maximum absolute atomic E-state index is 13.7. The summed E-state index contributed by atoms with van der Waals surface area (Å²) < 4.78 is 38.5. The van der Waals surface area contributed by atoms with Gasteiger partial charge in [-0.3, -0.25) is 9.69 Å². The Labute approximate surface area is 197 Å². The van der Waals surface area contributed by atoms with E-state index in [2.05, 4.69) is 0 Å². The normalized spacial score (nSPS) is 15.5. The van der Waals surface area contributed by atoms with Crippen LogP contribution in [0.1, 0.15) is 24.0 Å². The van der Waals surface area contributed by atoms with E-state index in [-0.39, 0.29) is 17.6 Å². The number of rotatable bonds is 5. The van der Waals surface area contributed by atoms with Crippen LogP contribution < -0.4 is 4.90 Å². The number of sulfonamides is 1.